The summed E-state index contributed by atoms with van der Waals surface area (Å²) in [6.07, 6.45) is -7.23. The molecule has 0 bridgehead atoms. The maximum Gasteiger partial charge on any atom is 0.453 e. The number of aryl methyl sites for hydroxylation is 2. The van der Waals surface area contributed by atoms with E-state index < -0.39 is 42.4 Å². The first-order valence-corrected chi connectivity index (χ1v) is 13.4. The number of anilines is 2. The number of nitrogens with zero attached hydrogens (tertiary/aromatic N) is 4. The van der Waals surface area contributed by atoms with Crippen molar-refractivity contribution in [3.63, 3.8) is 0 Å². The van der Waals surface area contributed by atoms with E-state index in [1.807, 2.05) is 0 Å². The number of aromatic nitrogens is 4. The van der Waals surface area contributed by atoms with Crippen molar-refractivity contribution in [2.75, 3.05) is 18.2 Å². The first kappa shape index (κ1) is 30.9. The van der Waals surface area contributed by atoms with Gasteiger partial charge < -0.3 is 20.9 Å². The zero-order valence-electron chi connectivity index (χ0n) is 23.1. The molecule has 232 valence electrons. The second-order valence-electron chi connectivity index (χ2n) is 10.3. The molecule has 1 aliphatic heterocycles. The predicted molar refractivity (Wildman–Crippen MR) is 150 cm³/mol. The molecule has 4 aromatic rings. The number of nitrogens with two attached hydrogens (primary N) is 1. The largest absolute Gasteiger partial charge is 0.496 e. The van der Waals surface area contributed by atoms with Crippen LogP contribution in [0.2, 0.25) is 5.02 Å². The fraction of sp³-hybridized carbons (Fsp3) is 0.321. The van der Waals surface area contributed by atoms with Gasteiger partial charge in [0.15, 0.2) is 5.82 Å². The molecule has 1 aliphatic rings. The molecule has 0 aliphatic carbocycles. The molecule has 0 fully saturated rings. The second-order valence-corrected chi connectivity index (χ2v) is 10.8. The number of alkyl halides is 5. The Bertz CT molecular complexity index is 1810. The number of amides is 1. The summed E-state index contributed by atoms with van der Waals surface area (Å²) in [6, 6.07) is 9.25. The molecule has 0 saturated carbocycles. The van der Waals surface area contributed by atoms with Crippen molar-refractivity contribution in [1.82, 2.24) is 19.7 Å². The molecule has 44 heavy (non-hydrogen) atoms. The van der Waals surface area contributed by atoms with Crippen LogP contribution in [0, 0.1) is 0 Å². The van der Waals surface area contributed by atoms with Gasteiger partial charge in [-0.15, -0.1) is 0 Å². The number of carboxylic acids is 1. The lowest BCUT2D eigenvalue weighted by atomic mass is 9.77. The van der Waals surface area contributed by atoms with Gasteiger partial charge in [0.1, 0.15) is 28.5 Å². The van der Waals surface area contributed by atoms with Crippen LogP contribution in [0.25, 0.3) is 22.4 Å². The fourth-order valence-electron chi connectivity index (χ4n) is 5.16. The van der Waals surface area contributed by atoms with E-state index in [0.717, 1.165) is 4.68 Å². The summed E-state index contributed by atoms with van der Waals surface area (Å²) in [5.41, 5.74) is 6.50. The Hall–Kier alpha value is -4.53. The molecule has 0 spiro atoms. The minimum atomic E-state index is -5.73. The van der Waals surface area contributed by atoms with Crippen LogP contribution in [-0.4, -0.2) is 55.9 Å². The van der Waals surface area contributed by atoms with Crippen LogP contribution in [-0.2, 0) is 28.0 Å². The van der Waals surface area contributed by atoms with Crippen LogP contribution >= 0.6 is 11.6 Å². The van der Waals surface area contributed by atoms with Gasteiger partial charge in [-0.05, 0) is 48.7 Å². The maximum absolute atomic E-state index is 13.7. The summed E-state index contributed by atoms with van der Waals surface area (Å²) in [6.45, 7) is 0.801. The van der Waals surface area contributed by atoms with E-state index >= 15 is 0 Å². The van der Waals surface area contributed by atoms with Gasteiger partial charge in [-0.3, -0.25) is 14.3 Å². The van der Waals surface area contributed by atoms with E-state index in [9.17, 15) is 31.5 Å². The number of aliphatic carboxylic acids is 1. The third-order valence-electron chi connectivity index (χ3n) is 7.57. The number of nitrogen functional groups attached to an aromatic ring is 1. The van der Waals surface area contributed by atoms with Gasteiger partial charge in [0.05, 0.1) is 18.2 Å². The summed E-state index contributed by atoms with van der Waals surface area (Å²) in [5, 5.41) is 16.5. The zero-order valence-corrected chi connectivity index (χ0v) is 23.9. The summed E-state index contributed by atoms with van der Waals surface area (Å²) >= 11 is 6.08. The van der Waals surface area contributed by atoms with Crippen molar-refractivity contribution in [2.24, 2.45) is 0 Å². The second kappa shape index (κ2) is 10.9. The number of fused-ring (bicyclic) bond motifs is 2. The van der Waals surface area contributed by atoms with Crippen LogP contribution in [0.5, 0.6) is 5.75 Å². The van der Waals surface area contributed by atoms with Crippen LogP contribution in [0.4, 0.5) is 33.6 Å². The molecule has 0 saturated heterocycles. The lowest BCUT2D eigenvalue weighted by molar-refractivity contribution is -0.285. The highest BCUT2D eigenvalue weighted by molar-refractivity contribution is 6.31. The van der Waals surface area contributed by atoms with E-state index in [4.69, 9.17) is 27.2 Å². The van der Waals surface area contributed by atoms with Crippen molar-refractivity contribution in [3.8, 4) is 17.3 Å². The molecular formula is C28H24ClF5N6O4. The maximum atomic E-state index is 13.7. The van der Waals surface area contributed by atoms with E-state index in [2.05, 4.69) is 20.4 Å². The van der Waals surface area contributed by atoms with Crippen LogP contribution < -0.4 is 15.8 Å². The van der Waals surface area contributed by atoms with Gasteiger partial charge in [-0.2, -0.15) is 27.1 Å². The van der Waals surface area contributed by atoms with E-state index in [-0.39, 0.29) is 52.1 Å². The number of carbonyl (C=O) groups is 2. The number of rotatable bonds is 9. The molecular weight excluding hydrogens is 615 g/mol. The lowest BCUT2D eigenvalue weighted by Crippen LogP contribution is -2.37. The minimum Gasteiger partial charge on any atom is -0.496 e. The lowest BCUT2D eigenvalue weighted by Gasteiger charge is -2.24. The Morgan fingerprint density at radius 1 is 1.16 bits per heavy atom. The number of methoxy groups -OCH3 is 1. The summed E-state index contributed by atoms with van der Waals surface area (Å²) in [4.78, 5) is 33.3. The van der Waals surface area contributed by atoms with Crippen molar-refractivity contribution in [3.05, 3.63) is 58.1 Å². The molecule has 1 amide bonds. The number of carbonyl (C=O) groups excluding carboxylic acids is 1. The standard InChI is InChI=1S/C28H24ClF5N6O4/c1-26(14-5-3-13(4-8-19(41)42)18(11-14)44-2)20-22(35)36-24(37-23(20)38-25(26)43)21-16-7-6-15(29)12-17(16)40(39-21)10-9-27(30,31)28(32,33)34/h3,5-7,11-12H,4,8-10H2,1-2H3,(H,41,42)(H3,35,36,37,38,43). The van der Waals surface area contributed by atoms with Crippen LogP contribution in [0.15, 0.2) is 36.4 Å². The van der Waals surface area contributed by atoms with Crippen molar-refractivity contribution >= 4 is 46.0 Å². The molecule has 5 rings (SSSR count). The van der Waals surface area contributed by atoms with Crippen molar-refractivity contribution < 1.29 is 41.4 Å². The molecule has 4 N–H and O–H groups in total. The number of halogens is 6. The predicted octanol–water partition coefficient (Wildman–Crippen LogP) is 5.60. The summed E-state index contributed by atoms with van der Waals surface area (Å²) in [5.74, 6) is -6.23. The molecule has 10 nitrogen and oxygen atoms in total. The first-order valence-electron chi connectivity index (χ1n) is 13.1. The molecule has 2 aromatic carbocycles. The fourth-order valence-corrected chi connectivity index (χ4v) is 5.33. The Balaban J connectivity index is 1.56. The van der Waals surface area contributed by atoms with Crippen molar-refractivity contribution in [1.29, 1.82) is 0 Å². The summed E-state index contributed by atoms with van der Waals surface area (Å²) in [7, 11) is 1.42. The monoisotopic (exact) mass is 638 g/mol. The van der Waals surface area contributed by atoms with Gasteiger partial charge >= 0.3 is 18.1 Å². The van der Waals surface area contributed by atoms with Crippen LogP contribution in [0.3, 0.4) is 0 Å². The van der Waals surface area contributed by atoms with E-state index in [1.165, 1.54) is 25.3 Å². The quantitative estimate of drug-likeness (QED) is 0.201. The van der Waals surface area contributed by atoms with Gasteiger partial charge in [0.2, 0.25) is 5.91 Å². The Morgan fingerprint density at radius 2 is 1.89 bits per heavy atom. The number of nitrogens with one attached hydrogen (secondary N) is 1. The highest BCUT2D eigenvalue weighted by Crippen LogP contribution is 2.46. The Morgan fingerprint density at radius 3 is 2.55 bits per heavy atom. The highest BCUT2D eigenvalue weighted by atomic mass is 35.5. The van der Waals surface area contributed by atoms with Gasteiger partial charge in [-0.25, -0.2) is 9.97 Å². The molecule has 1 atom stereocenters. The Labute approximate surface area is 251 Å². The van der Waals surface area contributed by atoms with Crippen molar-refractivity contribution in [2.45, 2.75) is 50.2 Å². The summed E-state index contributed by atoms with van der Waals surface area (Å²) < 4.78 is 72.2. The van der Waals surface area contributed by atoms with Gasteiger partial charge in [0.25, 0.3) is 0 Å². The first-order chi connectivity index (χ1) is 20.6. The Kier molecular flexibility index (Phi) is 7.64. The molecule has 0 radical (unpaired) electrons. The third kappa shape index (κ3) is 5.25. The third-order valence-corrected chi connectivity index (χ3v) is 7.81. The molecule has 2 aromatic heterocycles. The van der Waals surface area contributed by atoms with Gasteiger partial charge in [0, 0.05) is 29.8 Å². The molecule has 16 heteroatoms. The number of hydrogen-bond donors (Lipinski definition) is 3. The number of hydrogen-bond acceptors (Lipinski definition) is 7. The van der Waals surface area contributed by atoms with Gasteiger partial charge in [-0.1, -0.05) is 23.7 Å². The number of benzene rings is 2. The minimum absolute atomic E-state index is 0.0220. The zero-order chi connectivity index (χ0) is 32.2. The van der Waals surface area contributed by atoms with Crippen LogP contribution in [0.1, 0.15) is 36.5 Å². The van der Waals surface area contributed by atoms with E-state index in [1.54, 1.807) is 25.1 Å². The highest BCUT2D eigenvalue weighted by Gasteiger charge is 2.57. The smallest absolute Gasteiger partial charge is 0.453 e. The van der Waals surface area contributed by atoms with E-state index in [0.29, 0.717) is 22.3 Å². The average Bonchev–Trinajstić information content (AvgIpc) is 3.44. The SMILES string of the molecule is COc1cc(C2(C)C(=O)Nc3nc(-c4nn(CCC(F)(F)C(F)(F)F)c5cc(Cl)ccc45)nc(N)c32)ccc1CCC(=O)O. The molecule has 1 unspecified atom stereocenters. The molecule has 3 heterocycles. The number of carboxylic acid groups (broad SMARTS) is 1. The topological polar surface area (TPSA) is 145 Å². The normalized spacial score (nSPS) is 16.7. The average molecular weight is 639 g/mol. The number of ether oxygens (including phenoxy) is 1.